The molecule has 3 atom stereocenters. The minimum absolute atomic E-state index is 0.00408. The van der Waals surface area contributed by atoms with Crippen molar-refractivity contribution in [1.82, 2.24) is 14.9 Å². The third kappa shape index (κ3) is 3.98. The van der Waals surface area contributed by atoms with Gasteiger partial charge in [-0.2, -0.15) is 0 Å². The molecule has 2 aromatic rings. The van der Waals surface area contributed by atoms with Crippen LogP contribution in [0.1, 0.15) is 33.1 Å². The molecule has 0 saturated heterocycles. The van der Waals surface area contributed by atoms with Crippen molar-refractivity contribution in [3.8, 4) is 11.1 Å². The molecule has 1 aliphatic rings. The molecule has 1 fully saturated rings. The second-order valence-corrected chi connectivity index (χ2v) is 7.05. The van der Waals surface area contributed by atoms with Gasteiger partial charge in [-0.25, -0.2) is 4.98 Å². The standard InChI is InChI=1S/C20H25N3O2/c1-14-7-6-10-18(15(14)2)22-19(24)12-23-13-21-11-17(20(23)25)16-8-4-3-5-9-16/h3-5,8-9,11,13-15,18H,6-7,10,12H2,1-2H3,(H,22,24). The topological polar surface area (TPSA) is 64.0 Å². The Labute approximate surface area is 148 Å². The van der Waals surface area contributed by atoms with Gasteiger partial charge in [0.1, 0.15) is 6.54 Å². The van der Waals surface area contributed by atoms with Crippen LogP contribution >= 0.6 is 0 Å². The molecule has 0 aliphatic heterocycles. The Balaban J connectivity index is 1.73. The second kappa shape index (κ2) is 7.64. The van der Waals surface area contributed by atoms with E-state index in [9.17, 15) is 9.59 Å². The Morgan fingerprint density at radius 3 is 2.76 bits per heavy atom. The van der Waals surface area contributed by atoms with Gasteiger partial charge in [0.15, 0.2) is 0 Å². The van der Waals surface area contributed by atoms with Crippen molar-refractivity contribution in [3.05, 3.63) is 53.2 Å². The quantitative estimate of drug-likeness (QED) is 0.931. The van der Waals surface area contributed by atoms with E-state index in [4.69, 9.17) is 0 Å². The van der Waals surface area contributed by atoms with Gasteiger partial charge in [0.05, 0.1) is 11.9 Å². The van der Waals surface area contributed by atoms with E-state index in [0.29, 0.717) is 17.4 Å². The van der Waals surface area contributed by atoms with Gasteiger partial charge in [-0.3, -0.25) is 14.2 Å². The Morgan fingerprint density at radius 2 is 2.00 bits per heavy atom. The first-order valence-corrected chi connectivity index (χ1v) is 8.95. The monoisotopic (exact) mass is 339 g/mol. The van der Waals surface area contributed by atoms with Gasteiger partial charge >= 0.3 is 0 Å². The molecular weight excluding hydrogens is 314 g/mol. The van der Waals surface area contributed by atoms with Crippen LogP contribution < -0.4 is 10.9 Å². The van der Waals surface area contributed by atoms with E-state index in [1.54, 1.807) is 6.20 Å². The average Bonchev–Trinajstić information content (AvgIpc) is 2.61. The molecule has 1 saturated carbocycles. The molecule has 1 N–H and O–H groups in total. The summed E-state index contributed by atoms with van der Waals surface area (Å²) in [4.78, 5) is 29.2. The highest BCUT2D eigenvalue weighted by molar-refractivity contribution is 5.76. The molecule has 1 aromatic heterocycles. The van der Waals surface area contributed by atoms with E-state index >= 15 is 0 Å². The summed E-state index contributed by atoms with van der Waals surface area (Å²) in [6.07, 6.45) is 6.35. The average molecular weight is 339 g/mol. The largest absolute Gasteiger partial charge is 0.352 e. The van der Waals surface area contributed by atoms with Gasteiger partial charge in [0, 0.05) is 12.2 Å². The number of rotatable bonds is 4. The van der Waals surface area contributed by atoms with Crippen LogP contribution in [0.3, 0.4) is 0 Å². The highest BCUT2D eigenvalue weighted by Gasteiger charge is 2.28. The predicted octanol–water partition coefficient (Wildman–Crippen LogP) is 2.85. The molecule has 0 spiro atoms. The smallest absolute Gasteiger partial charge is 0.261 e. The number of nitrogens with zero attached hydrogens (tertiary/aromatic N) is 2. The van der Waals surface area contributed by atoms with Crippen LogP contribution in [0.4, 0.5) is 0 Å². The summed E-state index contributed by atoms with van der Waals surface area (Å²) in [7, 11) is 0. The maximum absolute atomic E-state index is 12.7. The maximum atomic E-state index is 12.7. The van der Waals surface area contributed by atoms with Crippen molar-refractivity contribution in [1.29, 1.82) is 0 Å². The zero-order valence-electron chi connectivity index (χ0n) is 14.8. The van der Waals surface area contributed by atoms with E-state index in [1.165, 1.54) is 17.3 Å². The highest BCUT2D eigenvalue weighted by atomic mass is 16.2. The third-order valence-electron chi connectivity index (χ3n) is 5.35. The summed E-state index contributed by atoms with van der Waals surface area (Å²) in [5, 5.41) is 3.11. The molecule has 0 bridgehead atoms. The van der Waals surface area contributed by atoms with E-state index in [1.807, 2.05) is 30.3 Å². The van der Waals surface area contributed by atoms with Crippen molar-refractivity contribution in [2.45, 2.75) is 45.7 Å². The van der Waals surface area contributed by atoms with Crippen LogP contribution in [0.2, 0.25) is 0 Å². The molecule has 1 aliphatic carbocycles. The number of nitrogens with one attached hydrogen (secondary N) is 1. The zero-order valence-corrected chi connectivity index (χ0v) is 14.8. The Bertz CT molecular complexity index is 785. The molecule has 0 radical (unpaired) electrons. The number of hydrogen-bond donors (Lipinski definition) is 1. The minimum Gasteiger partial charge on any atom is -0.352 e. The number of carbonyl (C=O) groups is 1. The van der Waals surface area contributed by atoms with Gasteiger partial charge in [-0.05, 0) is 23.8 Å². The summed E-state index contributed by atoms with van der Waals surface area (Å²) < 4.78 is 1.38. The second-order valence-electron chi connectivity index (χ2n) is 7.05. The van der Waals surface area contributed by atoms with Crippen molar-refractivity contribution >= 4 is 5.91 Å². The van der Waals surface area contributed by atoms with Crippen LogP contribution in [0.25, 0.3) is 11.1 Å². The third-order valence-corrected chi connectivity index (χ3v) is 5.35. The number of hydrogen-bond acceptors (Lipinski definition) is 3. The summed E-state index contributed by atoms with van der Waals surface area (Å²) in [6, 6.07) is 9.59. The normalized spacial score (nSPS) is 23.2. The molecule has 1 amide bonds. The van der Waals surface area contributed by atoms with Crippen LogP contribution in [0, 0.1) is 11.8 Å². The molecule has 3 rings (SSSR count). The molecule has 1 aromatic carbocycles. The Kier molecular flexibility index (Phi) is 5.31. The molecule has 5 heteroatoms. The van der Waals surface area contributed by atoms with Gasteiger partial charge in [-0.15, -0.1) is 0 Å². The lowest BCUT2D eigenvalue weighted by molar-refractivity contribution is -0.123. The number of benzene rings is 1. The number of carbonyl (C=O) groups excluding carboxylic acids is 1. The van der Waals surface area contributed by atoms with Gasteiger partial charge in [0.2, 0.25) is 5.91 Å². The molecule has 132 valence electrons. The summed E-state index contributed by atoms with van der Waals surface area (Å²) in [5.74, 6) is 0.952. The lowest BCUT2D eigenvalue weighted by Crippen LogP contribution is -2.45. The van der Waals surface area contributed by atoms with E-state index in [-0.39, 0.29) is 24.1 Å². The van der Waals surface area contributed by atoms with Crippen molar-refractivity contribution in [3.63, 3.8) is 0 Å². The Hall–Kier alpha value is -2.43. The van der Waals surface area contributed by atoms with E-state index < -0.39 is 0 Å². The first kappa shape index (κ1) is 17.4. The maximum Gasteiger partial charge on any atom is 0.261 e. The van der Waals surface area contributed by atoms with Gasteiger partial charge < -0.3 is 5.32 Å². The van der Waals surface area contributed by atoms with Gasteiger partial charge in [-0.1, -0.05) is 57.0 Å². The van der Waals surface area contributed by atoms with Crippen LogP contribution in [-0.4, -0.2) is 21.5 Å². The summed E-state index contributed by atoms with van der Waals surface area (Å²) in [5.41, 5.74) is 1.13. The lowest BCUT2D eigenvalue weighted by Gasteiger charge is -2.34. The molecule has 1 heterocycles. The van der Waals surface area contributed by atoms with Crippen LogP contribution in [0.15, 0.2) is 47.7 Å². The SMILES string of the molecule is CC1CCCC(NC(=O)Cn2cncc(-c3ccccc3)c2=O)C1C. The molecule has 25 heavy (non-hydrogen) atoms. The molecule has 3 unspecified atom stereocenters. The van der Waals surface area contributed by atoms with Gasteiger partial charge in [0.25, 0.3) is 5.56 Å². The summed E-state index contributed by atoms with van der Waals surface area (Å²) in [6.45, 7) is 4.43. The zero-order chi connectivity index (χ0) is 17.8. The minimum atomic E-state index is -0.193. The fourth-order valence-corrected chi connectivity index (χ4v) is 3.57. The first-order valence-electron chi connectivity index (χ1n) is 8.95. The highest BCUT2D eigenvalue weighted by Crippen LogP contribution is 2.29. The fraction of sp³-hybridized carbons (Fsp3) is 0.450. The predicted molar refractivity (Wildman–Crippen MR) is 98.0 cm³/mol. The van der Waals surface area contributed by atoms with Crippen molar-refractivity contribution in [2.24, 2.45) is 11.8 Å². The van der Waals surface area contributed by atoms with Crippen molar-refractivity contribution < 1.29 is 4.79 Å². The van der Waals surface area contributed by atoms with Crippen molar-refractivity contribution in [2.75, 3.05) is 0 Å². The number of aromatic nitrogens is 2. The first-order chi connectivity index (χ1) is 12.1. The molecule has 5 nitrogen and oxygen atoms in total. The van der Waals surface area contributed by atoms with E-state index in [0.717, 1.165) is 18.4 Å². The Morgan fingerprint density at radius 1 is 1.24 bits per heavy atom. The van der Waals surface area contributed by atoms with E-state index in [2.05, 4.69) is 24.1 Å². The number of amides is 1. The molecular formula is C20H25N3O2. The lowest BCUT2D eigenvalue weighted by atomic mass is 9.78. The fourth-order valence-electron chi connectivity index (χ4n) is 3.57. The van der Waals surface area contributed by atoms with Crippen LogP contribution in [-0.2, 0) is 11.3 Å². The van der Waals surface area contributed by atoms with Crippen LogP contribution in [0.5, 0.6) is 0 Å². The summed E-state index contributed by atoms with van der Waals surface area (Å²) >= 11 is 0.